The lowest BCUT2D eigenvalue weighted by molar-refractivity contribution is -0.573. The van der Waals surface area contributed by atoms with Crippen LogP contribution in [0, 0.1) is 46.3 Å². The Morgan fingerprint density at radius 3 is 2.61 bits per heavy atom. The van der Waals surface area contributed by atoms with Crippen LogP contribution >= 0.6 is 11.6 Å². The van der Waals surface area contributed by atoms with Crippen molar-refractivity contribution in [3.05, 3.63) is 0 Å². The lowest BCUT2D eigenvalue weighted by Gasteiger charge is -2.63. The van der Waals surface area contributed by atoms with Gasteiger partial charge in [-0.25, -0.2) is 4.58 Å². The molecule has 0 saturated heterocycles. The standard InChI is InChI=1S/C29H45ClNO2/c1-17-6-7-24-18(2)26-25(31(24)16-17)14-23-21-9-13-29(30)15-20(33-19(3)32)8-12-28(29,5)22(21)10-11-27(23,26)4/h17-18,20-23,25-26H,6-16H2,1-5H3/q+1/t17-,18+,20-,21+,22-,23-,25-,26-,27-,28+,29+/m0/s1. The second-order valence-corrected chi connectivity index (χ2v) is 14.4. The maximum absolute atomic E-state index is 11.6. The summed E-state index contributed by atoms with van der Waals surface area (Å²) in [4.78, 5) is 11.4. The zero-order valence-corrected chi connectivity index (χ0v) is 22.3. The van der Waals surface area contributed by atoms with Gasteiger partial charge in [0.1, 0.15) is 12.6 Å². The van der Waals surface area contributed by atoms with E-state index in [-0.39, 0.29) is 22.4 Å². The van der Waals surface area contributed by atoms with E-state index in [4.69, 9.17) is 16.3 Å². The van der Waals surface area contributed by atoms with Gasteiger partial charge in [-0.2, -0.15) is 0 Å². The van der Waals surface area contributed by atoms with Gasteiger partial charge in [-0.3, -0.25) is 4.79 Å². The fourth-order valence-corrected chi connectivity index (χ4v) is 11.4. The molecule has 0 spiro atoms. The molecule has 0 aromatic heterocycles. The number of carbonyl (C=O) groups excluding carboxylic acids is 1. The summed E-state index contributed by atoms with van der Waals surface area (Å²) in [6, 6.07) is 0.793. The summed E-state index contributed by atoms with van der Waals surface area (Å²) < 4.78 is 8.58. The fourth-order valence-electron chi connectivity index (χ4n) is 10.9. The van der Waals surface area contributed by atoms with Crippen LogP contribution in [0.15, 0.2) is 0 Å². The van der Waals surface area contributed by atoms with Crippen LogP contribution in [-0.4, -0.2) is 39.8 Å². The van der Waals surface area contributed by atoms with Gasteiger partial charge in [-0.1, -0.05) is 27.7 Å². The van der Waals surface area contributed by atoms with Crippen LogP contribution < -0.4 is 0 Å². The molecule has 2 aliphatic heterocycles. The van der Waals surface area contributed by atoms with E-state index < -0.39 is 0 Å². The molecule has 0 aromatic carbocycles. The summed E-state index contributed by atoms with van der Waals surface area (Å²) in [5.41, 5.74) is 2.48. The molecular weight excluding hydrogens is 430 g/mol. The predicted molar refractivity (Wildman–Crippen MR) is 133 cm³/mol. The number of nitrogens with zero attached hydrogens (tertiary/aromatic N) is 1. The van der Waals surface area contributed by atoms with E-state index in [0.717, 1.165) is 67.2 Å². The smallest absolute Gasteiger partial charge is 0.302 e. The van der Waals surface area contributed by atoms with Gasteiger partial charge in [0.25, 0.3) is 0 Å². The highest BCUT2D eigenvalue weighted by molar-refractivity contribution is 6.24. The Bertz CT molecular complexity index is 885. The Labute approximate surface area is 206 Å². The number of carbonyl (C=O) groups is 1. The zero-order chi connectivity index (χ0) is 23.3. The van der Waals surface area contributed by atoms with Crippen LogP contribution in [0.4, 0.5) is 0 Å². The third-order valence-corrected chi connectivity index (χ3v) is 13.1. The third-order valence-electron chi connectivity index (χ3n) is 12.4. The molecule has 4 saturated carbocycles. The van der Waals surface area contributed by atoms with E-state index in [2.05, 4.69) is 32.3 Å². The Balaban J connectivity index is 1.28. The average molecular weight is 475 g/mol. The molecule has 6 aliphatic rings. The molecule has 4 fully saturated rings. The van der Waals surface area contributed by atoms with Gasteiger partial charge in [0.2, 0.25) is 0 Å². The van der Waals surface area contributed by atoms with Gasteiger partial charge in [0, 0.05) is 43.9 Å². The first kappa shape index (κ1) is 22.9. The van der Waals surface area contributed by atoms with Crippen molar-refractivity contribution >= 4 is 23.3 Å². The molecule has 2 heterocycles. The molecule has 4 aliphatic carbocycles. The third kappa shape index (κ3) is 3.05. The molecule has 0 aromatic rings. The maximum Gasteiger partial charge on any atom is 0.302 e. The highest BCUT2D eigenvalue weighted by atomic mass is 35.5. The average Bonchev–Trinajstić information content (AvgIpc) is 3.20. The first-order chi connectivity index (χ1) is 15.6. The molecule has 33 heavy (non-hydrogen) atoms. The van der Waals surface area contributed by atoms with Gasteiger partial charge in [0.05, 0.1) is 4.87 Å². The van der Waals surface area contributed by atoms with E-state index in [1.165, 1.54) is 52.0 Å². The number of hydrogen-bond donors (Lipinski definition) is 0. The van der Waals surface area contributed by atoms with E-state index in [1.54, 1.807) is 0 Å². The van der Waals surface area contributed by atoms with Crippen molar-refractivity contribution in [2.75, 3.05) is 6.54 Å². The molecule has 4 heteroatoms. The minimum absolute atomic E-state index is 0.0141. The lowest BCUT2D eigenvalue weighted by atomic mass is 9.44. The minimum atomic E-state index is -0.203. The molecule has 11 atom stereocenters. The molecule has 0 N–H and O–H groups in total. The van der Waals surface area contributed by atoms with Crippen LogP contribution in [0.2, 0.25) is 0 Å². The first-order valence-corrected chi connectivity index (χ1v) is 14.4. The molecular formula is C29H45ClNO2+. The van der Waals surface area contributed by atoms with Gasteiger partial charge in [0.15, 0.2) is 11.8 Å². The Hall–Kier alpha value is -0.570. The minimum Gasteiger partial charge on any atom is -0.462 e. The fraction of sp³-hybridized carbons (Fsp3) is 0.931. The van der Waals surface area contributed by atoms with Crippen molar-refractivity contribution in [2.45, 2.75) is 116 Å². The summed E-state index contributed by atoms with van der Waals surface area (Å²) in [7, 11) is 0. The van der Waals surface area contributed by atoms with Gasteiger partial charge in [-0.15, -0.1) is 11.6 Å². The van der Waals surface area contributed by atoms with Crippen molar-refractivity contribution in [1.29, 1.82) is 0 Å². The Morgan fingerprint density at radius 2 is 1.85 bits per heavy atom. The van der Waals surface area contributed by atoms with Crippen molar-refractivity contribution in [1.82, 2.24) is 0 Å². The molecule has 3 nitrogen and oxygen atoms in total. The highest BCUT2D eigenvalue weighted by Gasteiger charge is 2.70. The summed E-state index contributed by atoms with van der Waals surface area (Å²) in [5.74, 6) is 4.75. The maximum atomic E-state index is 11.6. The quantitative estimate of drug-likeness (QED) is 0.248. The second-order valence-electron chi connectivity index (χ2n) is 13.7. The Morgan fingerprint density at radius 1 is 1.06 bits per heavy atom. The van der Waals surface area contributed by atoms with Crippen molar-refractivity contribution in [2.24, 2.45) is 46.3 Å². The zero-order valence-electron chi connectivity index (χ0n) is 21.5. The second kappa shape index (κ2) is 7.47. The van der Waals surface area contributed by atoms with Gasteiger partial charge in [-0.05, 0) is 73.5 Å². The molecule has 0 bridgehead atoms. The van der Waals surface area contributed by atoms with Crippen LogP contribution in [0.1, 0.15) is 98.8 Å². The molecule has 0 unspecified atom stereocenters. The van der Waals surface area contributed by atoms with Gasteiger partial charge >= 0.3 is 5.97 Å². The van der Waals surface area contributed by atoms with Crippen LogP contribution in [-0.2, 0) is 9.53 Å². The van der Waals surface area contributed by atoms with E-state index in [9.17, 15) is 4.79 Å². The molecule has 184 valence electrons. The summed E-state index contributed by atoms with van der Waals surface area (Å²) in [5, 5.41) is 0. The number of esters is 1. The molecule has 6 rings (SSSR count). The number of rotatable bonds is 1. The van der Waals surface area contributed by atoms with E-state index in [1.807, 2.05) is 5.71 Å². The monoisotopic (exact) mass is 474 g/mol. The normalized spacial score (nSPS) is 55.2. The molecule has 0 amide bonds. The molecule has 0 radical (unpaired) electrons. The van der Waals surface area contributed by atoms with Gasteiger partial charge < -0.3 is 4.74 Å². The number of ether oxygens (including phenoxy) is 1. The number of halogens is 1. The highest BCUT2D eigenvalue weighted by Crippen LogP contribution is 2.71. The lowest BCUT2D eigenvalue weighted by Crippen LogP contribution is -2.60. The van der Waals surface area contributed by atoms with E-state index >= 15 is 0 Å². The van der Waals surface area contributed by atoms with Crippen molar-refractivity contribution in [3.8, 4) is 0 Å². The van der Waals surface area contributed by atoms with E-state index in [0.29, 0.717) is 5.41 Å². The predicted octanol–water partition coefficient (Wildman–Crippen LogP) is 6.45. The van der Waals surface area contributed by atoms with Crippen molar-refractivity contribution in [3.63, 3.8) is 0 Å². The van der Waals surface area contributed by atoms with Crippen molar-refractivity contribution < 1.29 is 14.1 Å². The topological polar surface area (TPSA) is 29.3 Å². The van der Waals surface area contributed by atoms with Crippen LogP contribution in [0.25, 0.3) is 0 Å². The van der Waals surface area contributed by atoms with Crippen LogP contribution in [0.3, 0.4) is 0 Å². The number of fused-ring (bicyclic) bond motifs is 8. The number of hydrogen-bond acceptors (Lipinski definition) is 2. The summed E-state index contributed by atoms with van der Waals surface area (Å²) in [6.45, 7) is 13.1. The first-order valence-electron chi connectivity index (χ1n) is 14.1. The Kier molecular flexibility index (Phi) is 5.17. The summed E-state index contributed by atoms with van der Waals surface area (Å²) >= 11 is 7.52. The number of alkyl halides is 1. The summed E-state index contributed by atoms with van der Waals surface area (Å²) in [6.07, 6.45) is 12.2. The van der Waals surface area contributed by atoms with Crippen LogP contribution in [0.5, 0.6) is 0 Å². The SMILES string of the molecule is CC(=O)O[C@H]1CC[C@]2(C)[C@H]3CC[C@]4(C)[C@H]5[C@H](C)C6=[N+](C[C@@H](C)CC6)[C@H]5C[C@H]4[C@@H]3CC[C@@]2(Cl)C1. The largest absolute Gasteiger partial charge is 0.462 e.